The molecule has 6 heteroatoms. The Balaban J connectivity index is 1.07. The second kappa shape index (κ2) is 14.7. The lowest BCUT2D eigenvalue weighted by Gasteiger charge is -2.11. The van der Waals surface area contributed by atoms with E-state index in [1.807, 2.05) is 122 Å². The number of aromatic nitrogens is 6. The average Bonchev–Trinajstić information content (AvgIpc) is 3.27. The molecule has 0 aliphatic carbocycles. The van der Waals surface area contributed by atoms with Gasteiger partial charge in [0.05, 0.1) is 11.4 Å². The average molecular weight is 693 g/mol. The summed E-state index contributed by atoms with van der Waals surface area (Å²) in [6, 6.07) is 61.6. The molecule has 254 valence electrons. The van der Waals surface area contributed by atoms with Gasteiger partial charge in [-0.3, -0.25) is 4.98 Å². The van der Waals surface area contributed by atoms with Gasteiger partial charge < -0.3 is 0 Å². The Labute approximate surface area is 313 Å². The third-order valence-electron chi connectivity index (χ3n) is 9.26. The van der Waals surface area contributed by atoms with Crippen molar-refractivity contribution in [3.05, 3.63) is 194 Å². The minimum atomic E-state index is 0.621. The highest BCUT2D eigenvalue weighted by Crippen LogP contribution is 2.33. The highest BCUT2D eigenvalue weighted by molar-refractivity contribution is 5.78. The van der Waals surface area contributed by atoms with E-state index in [0.717, 1.165) is 67.0 Å². The molecule has 0 fully saturated rings. The number of hydrogen-bond acceptors (Lipinski definition) is 6. The van der Waals surface area contributed by atoms with Crippen LogP contribution in [0.1, 0.15) is 0 Å². The first-order valence-electron chi connectivity index (χ1n) is 17.8. The molecule has 0 aliphatic rings. The molecule has 0 N–H and O–H groups in total. The maximum Gasteiger partial charge on any atom is 0.164 e. The van der Waals surface area contributed by atoms with Crippen LogP contribution < -0.4 is 0 Å². The zero-order valence-corrected chi connectivity index (χ0v) is 29.2. The van der Waals surface area contributed by atoms with E-state index in [9.17, 15) is 0 Å². The van der Waals surface area contributed by atoms with Crippen LogP contribution in [0.5, 0.6) is 0 Å². The van der Waals surface area contributed by atoms with Gasteiger partial charge in [-0.05, 0) is 52.6 Å². The fourth-order valence-corrected chi connectivity index (χ4v) is 6.47. The van der Waals surface area contributed by atoms with E-state index in [1.54, 1.807) is 0 Å². The zero-order valence-electron chi connectivity index (χ0n) is 29.2. The fourth-order valence-electron chi connectivity index (χ4n) is 6.47. The van der Waals surface area contributed by atoms with Crippen molar-refractivity contribution in [3.63, 3.8) is 0 Å². The molecule has 3 heterocycles. The van der Waals surface area contributed by atoms with Crippen LogP contribution >= 0.6 is 0 Å². The summed E-state index contributed by atoms with van der Waals surface area (Å²) in [7, 11) is 0. The normalized spacial score (nSPS) is 11.0. The molecule has 0 saturated carbocycles. The molecule has 0 atom stereocenters. The van der Waals surface area contributed by atoms with E-state index >= 15 is 0 Å². The SMILES string of the molecule is c1ccc(-c2nc(-c3ccc(-c4cccc(-c5nc(-c6ccccc6)nc(-c6ccccc6)n5)c4)cc3)cc(-c3cccc(-c4ccncc4)c3)n2)cc1. The molecule has 9 aromatic rings. The van der Waals surface area contributed by atoms with E-state index in [4.69, 9.17) is 24.9 Å². The highest BCUT2D eigenvalue weighted by atomic mass is 15.0. The van der Waals surface area contributed by atoms with Crippen LogP contribution in [0.2, 0.25) is 0 Å². The van der Waals surface area contributed by atoms with Gasteiger partial charge in [0, 0.05) is 45.8 Å². The summed E-state index contributed by atoms with van der Waals surface area (Å²) in [5, 5.41) is 0. The van der Waals surface area contributed by atoms with Gasteiger partial charge in [0.1, 0.15) is 0 Å². The standard InChI is InChI=1S/C48H32N6/c1-4-12-36(13-5-1)45-50-43(32-44(51-45)41-20-10-18-39(30-41)34-26-28-49-29-27-34)35-24-22-33(23-25-35)40-19-11-21-42(31-40)48-53-46(37-14-6-2-7-15-37)52-47(54-48)38-16-8-3-9-17-38/h1-32H. The molecule has 3 aromatic heterocycles. The third-order valence-corrected chi connectivity index (χ3v) is 9.26. The van der Waals surface area contributed by atoms with Crippen molar-refractivity contribution >= 4 is 0 Å². The van der Waals surface area contributed by atoms with Gasteiger partial charge in [0.25, 0.3) is 0 Å². The van der Waals surface area contributed by atoms with Gasteiger partial charge in [0.2, 0.25) is 0 Å². The first kappa shape index (κ1) is 32.5. The van der Waals surface area contributed by atoms with Gasteiger partial charge in [-0.2, -0.15) is 0 Å². The first-order chi connectivity index (χ1) is 26.7. The highest BCUT2D eigenvalue weighted by Gasteiger charge is 2.14. The smallest absolute Gasteiger partial charge is 0.164 e. The molecule has 0 amide bonds. The Kier molecular flexibility index (Phi) is 8.81. The Hall–Kier alpha value is -7.44. The van der Waals surface area contributed by atoms with Crippen LogP contribution in [-0.4, -0.2) is 29.9 Å². The minimum Gasteiger partial charge on any atom is -0.265 e. The number of pyridine rings is 1. The molecule has 6 nitrogen and oxygen atoms in total. The Morgan fingerprint density at radius 1 is 0.222 bits per heavy atom. The van der Waals surface area contributed by atoms with Crippen molar-refractivity contribution in [2.75, 3.05) is 0 Å². The number of benzene rings is 6. The van der Waals surface area contributed by atoms with Crippen molar-refractivity contribution < 1.29 is 0 Å². The Morgan fingerprint density at radius 2 is 0.593 bits per heavy atom. The van der Waals surface area contributed by atoms with Crippen molar-refractivity contribution in [1.29, 1.82) is 0 Å². The molecule has 9 rings (SSSR count). The lowest BCUT2D eigenvalue weighted by Crippen LogP contribution is -2.00. The molecular formula is C48H32N6. The molecule has 0 radical (unpaired) electrons. The summed E-state index contributed by atoms with van der Waals surface area (Å²) in [6.45, 7) is 0. The molecular weight excluding hydrogens is 661 g/mol. The van der Waals surface area contributed by atoms with Gasteiger partial charge >= 0.3 is 0 Å². The maximum absolute atomic E-state index is 5.06. The zero-order chi connectivity index (χ0) is 36.1. The molecule has 0 unspecified atom stereocenters. The third kappa shape index (κ3) is 6.92. The van der Waals surface area contributed by atoms with Crippen molar-refractivity contribution in [2.24, 2.45) is 0 Å². The Morgan fingerprint density at radius 3 is 1.13 bits per heavy atom. The van der Waals surface area contributed by atoms with E-state index in [2.05, 4.69) is 77.8 Å². The van der Waals surface area contributed by atoms with Crippen LogP contribution in [0.4, 0.5) is 0 Å². The fraction of sp³-hybridized carbons (Fsp3) is 0. The largest absolute Gasteiger partial charge is 0.265 e. The van der Waals surface area contributed by atoms with E-state index < -0.39 is 0 Å². The topological polar surface area (TPSA) is 77.3 Å². The predicted octanol–water partition coefficient (Wildman–Crippen LogP) is 11.4. The molecule has 6 aromatic carbocycles. The maximum atomic E-state index is 5.06. The molecule has 0 saturated heterocycles. The quantitative estimate of drug-likeness (QED) is 0.158. The van der Waals surface area contributed by atoms with Crippen LogP contribution in [0.25, 0.3) is 90.3 Å². The number of hydrogen-bond donors (Lipinski definition) is 0. The molecule has 0 aliphatic heterocycles. The summed E-state index contributed by atoms with van der Waals surface area (Å²) in [5.74, 6) is 2.57. The van der Waals surface area contributed by atoms with Crippen molar-refractivity contribution in [3.8, 4) is 90.3 Å². The summed E-state index contributed by atoms with van der Waals surface area (Å²) < 4.78 is 0. The lowest BCUT2D eigenvalue weighted by molar-refractivity contribution is 1.07. The minimum absolute atomic E-state index is 0.621. The molecule has 54 heavy (non-hydrogen) atoms. The van der Waals surface area contributed by atoms with Crippen molar-refractivity contribution in [2.45, 2.75) is 0 Å². The summed E-state index contributed by atoms with van der Waals surface area (Å²) in [6.07, 6.45) is 3.63. The summed E-state index contributed by atoms with van der Waals surface area (Å²) in [5.41, 5.74) is 11.8. The first-order valence-corrected chi connectivity index (χ1v) is 17.8. The predicted molar refractivity (Wildman–Crippen MR) is 217 cm³/mol. The van der Waals surface area contributed by atoms with Gasteiger partial charge in [-0.15, -0.1) is 0 Å². The second-order valence-electron chi connectivity index (χ2n) is 12.8. The van der Waals surface area contributed by atoms with Gasteiger partial charge in [-0.25, -0.2) is 24.9 Å². The molecule has 0 spiro atoms. The summed E-state index contributed by atoms with van der Waals surface area (Å²) in [4.78, 5) is 29.0. The second-order valence-corrected chi connectivity index (χ2v) is 12.8. The number of rotatable bonds is 8. The van der Waals surface area contributed by atoms with Crippen LogP contribution in [0.3, 0.4) is 0 Å². The van der Waals surface area contributed by atoms with Crippen LogP contribution in [0, 0.1) is 0 Å². The lowest BCUT2D eigenvalue weighted by atomic mass is 9.99. The Bertz CT molecular complexity index is 2630. The van der Waals surface area contributed by atoms with E-state index in [1.165, 1.54) is 0 Å². The van der Waals surface area contributed by atoms with E-state index in [-0.39, 0.29) is 0 Å². The summed E-state index contributed by atoms with van der Waals surface area (Å²) >= 11 is 0. The van der Waals surface area contributed by atoms with Gasteiger partial charge in [-0.1, -0.05) is 152 Å². The number of nitrogens with zero attached hydrogens (tertiary/aromatic N) is 6. The van der Waals surface area contributed by atoms with Crippen LogP contribution in [-0.2, 0) is 0 Å². The van der Waals surface area contributed by atoms with Gasteiger partial charge in [0.15, 0.2) is 23.3 Å². The monoisotopic (exact) mass is 692 g/mol. The molecule has 0 bridgehead atoms. The van der Waals surface area contributed by atoms with Crippen LogP contribution in [0.15, 0.2) is 194 Å². The van der Waals surface area contributed by atoms with Crippen molar-refractivity contribution in [1.82, 2.24) is 29.9 Å². The van der Waals surface area contributed by atoms with E-state index in [0.29, 0.717) is 23.3 Å².